The van der Waals surface area contributed by atoms with Crippen molar-refractivity contribution in [1.82, 2.24) is 9.80 Å². The van der Waals surface area contributed by atoms with Crippen molar-refractivity contribution in [3.8, 4) is 0 Å². The number of amides is 1. The zero-order valence-corrected chi connectivity index (χ0v) is 19.1. The van der Waals surface area contributed by atoms with E-state index in [1.807, 2.05) is 0 Å². The predicted molar refractivity (Wildman–Crippen MR) is 118 cm³/mol. The summed E-state index contributed by atoms with van der Waals surface area (Å²) in [6.07, 6.45) is 5.77. The number of carbonyl (C=O) groups excluding carboxylic acids is 1. The minimum atomic E-state index is -3.79. The molecule has 4 rings (SSSR count). The van der Waals surface area contributed by atoms with Gasteiger partial charge in [0.1, 0.15) is 0 Å². The van der Waals surface area contributed by atoms with Crippen LogP contribution in [0.5, 0.6) is 0 Å². The van der Waals surface area contributed by atoms with Crippen molar-refractivity contribution in [3.63, 3.8) is 0 Å². The first-order valence-electron chi connectivity index (χ1n) is 11.5. The number of aromatic carboxylic acids is 1. The molecule has 3 aliphatic rings. The number of benzene rings is 1. The molecule has 0 spiro atoms. The number of carboxylic acid groups (broad SMARTS) is 1. The average molecular weight is 465 g/mol. The molecule has 32 heavy (non-hydrogen) atoms. The van der Waals surface area contributed by atoms with Crippen LogP contribution in [0.15, 0.2) is 29.2 Å². The SMILES string of the molecule is O=C(O)c1cccc(S(=O)(=O)C2CC(C(=O)N3CCOCC3)CN(C3CCCCC3)C2)c1. The lowest BCUT2D eigenvalue weighted by molar-refractivity contribution is -0.141. The molecular formula is C23H32N2O6S. The van der Waals surface area contributed by atoms with Gasteiger partial charge in [0, 0.05) is 32.2 Å². The molecule has 176 valence electrons. The number of carboxylic acids is 1. The van der Waals surface area contributed by atoms with Gasteiger partial charge in [0.25, 0.3) is 0 Å². The topological polar surface area (TPSA) is 104 Å². The normalized spacial score (nSPS) is 26.1. The molecule has 2 atom stereocenters. The third-order valence-electron chi connectivity index (χ3n) is 7.05. The Kier molecular flexibility index (Phi) is 7.17. The number of rotatable bonds is 5. The van der Waals surface area contributed by atoms with Crippen LogP contribution in [0.2, 0.25) is 0 Å². The largest absolute Gasteiger partial charge is 0.478 e. The molecule has 1 aliphatic carbocycles. The molecule has 2 heterocycles. The van der Waals surface area contributed by atoms with Crippen LogP contribution in [-0.2, 0) is 19.4 Å². The highest BCUT2D eigenvalue weighted by molar-refractivity contribution is 7.92. The summed E-state index contributed by atoms with van der Waals surface area (Å²) >= 11 is 0. The van der Waals surface area contributed by atoms with Crippen molar-refractivity contribution in [1.29, 1.82) is 0 Å². The predicted octanol–water partition coefficient (Wildman–Crippen LogP) is 2.04. The van der Waals surface area contributed by atoms with Gasteiger partial charge in [-0.3, -0.25) is 9.69 Å². The fourth-order valence-electron chi connectivity index (χ4n) is 5.27. The second kappa shape index (κ2) is 9.89. The van der Waals surface area contributed by atoms with Crippen LogP contribution in [0.1, 0.15) is 48.9 Å². The van der Waals surface area contributed by atoms with Gasteiger partial charge in [0.15, 0.2) is 9.84 Å². The van der Waals surface area contributed by atoms with Crippen LogP contribution in [0.4, 0.5) is 0 Å². The van der Waals surface area contributed by atoms with E-state index >= 15 is 0 Å². The Bertz CT molecular complexity index is 938. The van der Waals surface area contributed by atoms with Crippen LogP contribution in [0.3, 0.4) is 0 Å². The zero-order chi connectivity index (χ0) is 22.7. The summed E-state index contributed by atoms with van der Waals surface area (Å²) in [6, 6.07) is 5.85. The highest BCUT2D eigenvalue weighted by Crippen LogP contribution is 2.33. The lowest BCUT2D eigenvalue weighted by Gasteiger charge is -2.43. The average Bonchev–Trinajstić information content (AvgIpc) is 2.84. The summed E-state index contributed by atoms with van der Waals surface area (Å²) in [7, 11) is -3.79. The van der Waals surface area contributed by atoms with E-state index in [0.29, 0.717) is 45.4 Å². The summed E-state index contributed by atoms with van der Waals surface area (Å²) in [4.78, 5) is 28.7. The van der Waals surface area contributed by atoms with Crippen molar-refractivity contribution in [2.24, 2.45) is 5.92 Å². The number of sulfone groups is 1. The van der Waals surface area contributed by atoms with E-state index in [0.717, 1.165) is 25.7 Å². The standard InChI is InChI=1S/C23H32N2O6S/c26-22(24-9-11-31-12-10-24)18-14-21(16-25(15-18)19-6-2-1-3-7-19)32(29,30)20-8-4-5-17(13-20)23(27)28/h4-5,8,13,18-19,21H,1-3,6-7,9-12,14-16H2,(H,27,28). The molecule has 2 saturated heterocycles. The number of likely N-dealkylation sites (tertiary alicyclic amines) is 1. The molecule has 1 aromatic carbocycles. The first-order chi connectivity index (χ1) is 15.4. The Morgan fingerprint density at radius 2 is 1.75 bits per heavy atom. The van der Waals surface area contributed by atoms with E-state index in [-0.39, 0.29) is 28.7 Å². The van der Waals surface area contributed by atoms with E-state index in [1.165, 1.54) is 30.7 Å². The van der Waals surface area contributed by atoms with Crippen molar-refractivity contribution >= 4 is 21.7 Å². The molecule has 1 saturated carbocycles. The fraction of sp³-hybridized carbons (Fsp3) is 0.652. The Morgan fingerprint density at radius 3 is 2.44 bits per heavy atom. The zero-order valence-electron chi connectivity index (χ0n) is 18.3. The van der Waals surface area contributed by atoms with Crippen molar-refractivity contribution < 1.29 is 27.9 Å². The van der Waals surface area contributed by atoms with Gasteiger partial charge in [-0.05, 0) is 37.5 Å². The van der Waals surface area contributed by atoms with Gasteiger partial charge in [-0.25, -0.2) is 13.2 Å². The molecule has 0 aromatic heterocycles. The minimum absolute atomic E-state index is 0.00768. The molecule has 1 amide bonds. The Balaban J connectivity index is 1.61. The van der Waals surface area contributed by atoms with Gasteiger partial charge in [0.05, 0.1) is 34.8 Å². The number of hydrogen-bond donors (Lipinski definition) is 1. The monoisotopic (exact) mass is 464 g/mol. The molecule has 1 aromatic rings. The molecule has 2 aliphatic heterocycles. The molecule has 1 N–H and O–H groups in total. The number of piperidine rings is 1. The minimum Gasteiger partial charge on any atom is -0.478 e. The quantitative estimate of drug-likeness (QED) is 0.711. The third kappa shape index (κ3) is 5.00. The summed E-state index contributed by atoms with van der Waals surface area (Å²) < 4.78 is 32.5. The number of ether oxygens (including phenoxy) is 1. The lowest BCUT2D eigenvalue weighted by atomic mass is 9.89. The highest BCUT2D eigenvalue weighted by atomic mass is 32.2. The van der Waals surface area contributed by atoms with Crippen LogP contribution in [0, 0.1) is 5.92 Å². The van der Waals surface area contributed by atoms with Crippen molar-refractivity contribution in [2.75, 3.05) is 39.4 Å². The van der Waals surface area contributed by atoms with E-state index in [2.05, 4.69) is 4.90 Å². The Morgan fingerprint density at radius 1 is 1.03 bits per heavy atom. The Hall–Kier alpha value is -1.97. The maximum atomic E-state index is 13.6. The van der Waals surface area contributed by atoms with Crippen LogP contribution in [0.25, 0.3) is 0 Å². The maximum absolute atomic E-state index is 13.6. The number of hydrogen-bond acceptors (Lipinski definition) is 6. The van der Waals surface area contributed by atoms with E-state index in [4.69, 9.17) is 4.74 Å². The number of carbonyl (C=O) groups is 2. The molecule has 2 unspecified atom stereocenters. The second-order valence-electron chi connectivity index (χ2n) is 9.12. The summed E-state index contributed by atoms with van der Waals surface area (Å²) in [5.74, 6) is -1.53. The first-order valence-corrected chi connectivity index (χ1v) is 13.1. The van der Waals surface area contributed by atoms with Crippen molar-refractivity contribution in [2.45, 2.75) is 54.7 Å². The van der Waals surface area contributed by atoms with E-state index in [1.54, 1.807) is 4.90 Å². The second-order valence-corrected chi connectivity index (χ2v) is 11.3. The van der Waals surface area contributed by atoms with Crippen molar-refractivity contribution in [3.05, 3.63) is 29.8 Å². The fourth-order valence-corrected chi connectivity index (χ4v) is 7.09. The van der Waals surface area contributed by atoms with Gasteiger partial charge < -0.3 is 14.7 Å². The summed E-state index contributed by atoms with van der Waals surface area (Å²) in [5.41, 5.74) is -0.0491. The number of nitrogens with zero attached hydrogens (tertiary/aromatic N) is 2. The molecule has 0 bridgehead atoms. The smallest absolute Gasteiger partial charge is 0.335 e. The van der Waals surface area contributed by atoms with Gasteiger partial charge in [-0.1, -0.05) is 25.3 Å². The lowest BCUT2D eigenvalue weighted by Crippen LogP contribution is -2.55. The van der Waals surface area contributed by atoms with E-state index < -0.39 is 21.1 Å². The van der Waals surface area contributed by atoms with Crippen LogP contribution >= 0.6 is 0 Å². The van der Waals surface area contributed by atoms with Gasteiger partial charge in [0.2, 0.25) is 5.91 Å². The first kappa shape index (κ1) is 23.2. The van der Waals surface area contributed by atoms with Gasteiger partial charge in [-0.15, -0.1) is 0 Å². The van der Waals surface area contributed by atoms with Crippen LogP contribution in [-0.4, -0.2) is 85.9 Å². The van der Waals surface area contributed by atoms with E-state index in [9.17, 15) is 23.1 Å². The van der Waals surface area contributed by atoms with Crippen LogP contribution < -0.4 is 0 Å². The molecular weight excluding hydrogens is 432 g/mol. The molecule has 8 nitrogen and oxygen atoms in total. The van der Waals surface area contributed by atoms with Gasteiger partial charge >= 0.3 is 5.97 Å². The maximum Gasteiger partial charge on any atom is 0.335 e. The summed E-state index contributed by atoms with van der Waals surface area (Å²) in [5, 5.41) is 8.55. The highest BCUT2D eigenvalue weighted by Gasteiger charge is 2.42. The Labute approximate surface area is 189 Å². The number of morpholine rings is 1. The molecule has 0 radical (unpaired) electrons. The molecule has 9 heteroatoms. The third-order valence-corrected chi connectivity index (χ3v) is 9.18. The van der Waals surface area contributed by atoms with Gasteiger partial charge in [-0.2, -0.15) is 0 Å². The molecule has 3 fully saturated rings. The summed E-state index contributed by atoms with van der Waals surface area (Å²) in [6.45, 7) is 3.07.